The highest BCUT2D eigenvalue weighted by atomic mass is 35.5. The zero-order valence-corrected chi connectivity index (χ0v) is 21.5. The minimum atomic E-state index is -0.319. The predicted molar refractivity (Wildman–Crippen MR) is 142 cm³/mol. The Labute approximate surface area is 216 Å². The van der Waals surface area contributed by atoms with Gasteiger partial charge >= 0.3 is 6.09 Å². The molecular formula is C27H30ClN5O3. The van der Waals surface area contributed by atoms with E-state index in [1.807, 2.05) is 43.3 Å². The number of aryl methyl sites for hydroxylation is 1. The van der Waals surface area contributed by atoms with Gasteiger partial charge in [0.15, 0.2) is 5.82 Å². The molecule has 2 N–H and O–H groups in total. The summed E-state index contributed by atoms with van der Waals surface area (Å²) in [7, 11) is 3.37. The number of amides is 2. The first kappa shape index (κ1) is 25.3. The molecule has 0 spiro atoms. The van der Waals surface area contributed by atoms with E-state index in [1.54, 1.807) is 37.3 Å². The van der Waals surface area contributed by atoms with Crippen molar-refractivity contribution in [2.45, 2.75) is 13.5 Å². The van der Waals surface area contributed by atoms with Gasteiger partial charge in [-0.15, -0.1) is 0 Å². The number of aromatic nitrogens is 1. The average Bonchev–Trinajstić information content (AvgIpc) is 2.87. The third kappa shape index (κ3) is 5.71. The second-order valence-electron chi connectivity index (χ2n) is 9.05. The Morgan fingerprint density at radius 2 is 1.81 bits per heavy atom. The first-order valence-corrected chi connectivity index (χ1v) is 12.1. The van der Waals surface area contributed by atoms with E-state index in [0.717, 1.165) is 22.3 Å². The van der Waals surface area contributed by atoms with Gasteiger partial charge in [-0.25, -0.2) is 9.78 Å². The molecule has 4 rings (SSSR count). The van der Waals surface area contributed by atoms with Crippen LogP contribution in [0.3, 0.4) is 0 Å². The molecule has 3 aromatic rings. The number of benzene rings is 2. The molecule has 188 valence electrons. The van der Waals surface area contributed by atoms with Gasteiger partial charge in [-0.2, -0.15) is 0 Å². The van der Waals surface area contributed by atoms with Gasteiger partial charge in [0.1, 0.15) is 6.61 Å². The smallest absolute Gasteiger partial charge is 0.410 e. The number of anilines is 2. The van der Waals surface area contributed by atoms with Crippen molar-refractivity contribution in [3.63, 3.8) is 0 Å². The van der Waals surface area contributed by atoms with Gasteiger partial charge in [0.05, 0.1) is 16.3 Å². The summed E-state index contributed by atoms with van der Waals surface area (Å²) in [5.74, 6) is 0.523. The maximum atomic E-state index is 12.5. The number of nitrogens with zero attached hydrogens (tertiary/aromatic N) is 4. The van der Waals surface area contributed by atoms with Crippen LogP contribution in [0.1, 0.15) is 21.5 Å². The summed E-state index contributed by atoms with van der Waals surface area (Å²) in [4.78, 5) is 34.6. The molecule has 0 radical (unpaired) electrons. The number of rotatable bonds is 5. The Morgan fingerprint density at radius 3 is 2.44 bits per heavy atom. The maximum absolute atomic E-state index is 12.5. The third-order valence-corrected chi connectivity index (χ3v) is 6.43. The van der Waals surface area contributed by atoms with Crippen LogP contribution in [0.25, 0.3) is 11.1 Å². The minimum absolute atomic E-state index is 0.155. The lowest BCUT2D eigenvalue weighted by molar-refractivity contribution is 0.0827. The van der Waals surface area contributed by atoms with Gasteiger partial charge in [-0.1, -0.05) is 47.5 Å². The summed E-state index contributed by atoms with van der Waals surface area (Å²) in [5.41, 5.74) is 11.1. The van der Waals surface area contributed by atoms with Crippen LogP contribution in [-0.4, -0.2) is 67.1 Å². The molecule has 0 unspecified atom stereocenters. The maximum Gasteiger partial charge on any atom is 0.410 e. The molecule has 9 heteroatoms. The Bertz CT molecular complexity index is 1270. The molecular weight excluding hydrogens is 478 g/mol. The number of halogens is 1. The van der Waals surface area contributed by atoms with Gasteiger partial charge in [-0.05, 0) is 36.2 Å². The Kier molecular flexibility index (Phi) is 7.64. The first-order valence-electron chi connectivity index (χ1n) is 11.7. The van der Waals surface area contributed by atoms with Crippen molar-refractivity contribution < 1.29 is 14.3 Å². The fourth-order valence-corrected chi connectivity index (χ4v) is 4.41. The quantitative estimate of drug-likeness (QED) is 0.548. The van der Waals surface area contributed by atoms with Crippen molar-refractivity contribution in [3.8, 4) is 11.1 Å². The molecule has 0 aliphatic carbocycles. The summed E-state index contributed by atoms with van der Waals surface area (Å²) in [6, 6.07) is 15.1. The van der Waals surface area contributed by atoms with Crippen LogP contribution in [0.5, 0.6) is 0 Å². The van der Waals surface area contributed by atoms with Gasteiger partial charge in [0.25, 0.3) is 5.91 Å². The minimum Gasteiger partial charge on any atom is -0.445 e. The van der Waals surface area contributed by atoms with E-state index < -0.39 is 0 Å². The number of pyridine rings is 1. The highest BCUT2D eigenvalue weighted by Crippen LogP contribution is 2.30. The Hall–Kier alpha value is -3.78. The Balaban J connectivity index is 1.37. The number of nitrogen functional groups attached to an aromatic ring is 1. The van der Waals surface area contributed by atoms with Gasteiger partial charge in [-0.3, -0.25) is 4.79 Å². The van der Waals surface area contributed by atoms with Crippen LogP contribution in [0.2, 0.25) is 5.02 Å². The zero-order chi connectivity index (χ0) is 25.8. The number of piperazine rings is 1. The normalized spacial score (nSPS) is 13.4. The SMILES string of the molecule is Cc1cccc(COC(=O)N2CCN(c3ncc(-c4ccc(C(=O)N(C)C)c(Cl)c4)cc3N)CC2)c1. The number of carbonyl (C=O) groups excluding carboxylic acids is 2. The van der Waals surface area contributed by atoms with E-state index in [0.29, 0.717) is 48.3 Å². The molecule has 1 aliphatic heterocycles. The summed E-state index contributed by atoms with van der Waals surface area (Å²) in [5, 5.41) is 0.374. The summed E-state index contributed by atoms with van der Waals surface area (Å²) >= 11 is 6.36. The van der Waals surface area contributed by atoms with E-state index in [1.165, 1.54) is 4.90 Å². The van der Waals surface area contributed by atoms with E-state index >= 15 is 0 Å². The fraction of sp³-hybridized carbons (Fsp3) is 0.296. The van der Waals surface area contributed by atoms with Gasteiger partial charge in [0, 0.05) is 52.0 Å². The van der Waals surface area contributed by atoms with Crippen molar-refractivity contribution in [1.29, 1.82) is 0 Å². The highest BCUT2D eigenvalue weighted by Gasteiger charge is 2.24. The summed E-state index contributed by atoms with van der Waals surface area (Å²) < 4.78 is 5.49. The fourth-order valence-electron chi connectivity index (χ4n) is 4.14. The van der Waals surface area contributed by atoms with Crippen molar-refractivity contribution >= 4 is 35.1 Å². The summed E-state index contributed by atoms with van der Waals surface area (Å²) in [6.07, 6.45) is 1.42. The van der Waals surface area contributed by atoms with Crippen LogP contribution in [0.15, 0.2) is 54.7 Å². The molecule has 36 heavy (non-hydrogen) atoms. The van der Waals surface area contributed by atoms with Crippen LogP contribution in [0, 0.1) is 6.92 Å². The number of ether oxygens (including phenoxy) is 1. The average molecular weight is 508 g/mol. The zero-order valence-electron chi connectivity index (χ0n) is 20.7. The molecule has 2 amide bonds. The predicted octanol–water partition coefficient (Wildman–Crippen LogP) is 4.45. The number of hydrogen-bond acceptors (Lipinski definition) is 6. The lowest BCUT2D eigenvalue weighted by atomic mass is 10.0. The molecule has 1 fully saturated rings. The van der Waals surface area contributed by atoms with Crippen LogP contribution in [-0.2, 0) is 11.3 Å². The molecule has 2 heterocycles. The van der Waals surface area contributed by atoms with Crippen molar-refractivity contribution in [2.75, 3.05) is 50.9 Å². The number of nitrogens with two attached hydrogens (primary N) is 1. The van der Waals surface area contributed by atoms with Crippen LogP contribution < -0.4 is 10.6 Å². The van der Waals surface area contributed by atoms with Crippen molar-refractivity contribution in [1.82, 2.24) is 14.8 Å². The largest absolute Gasteiger partial charge is 0.445 e. The lowest BCUT2D eigenvalue weighted by Crippen LogP contribution is -2.49. The Morgan fingerprint density at radius 1 is 1.06 bits per heavy atom. The van der Waals surface area contributed by atoms with Crippen molar-refractivity contribution in [2.24, 2.45) is 0 Å². The molecule has 1 aromatic heterocycles. The summed E-state index contributed by atoms with van der Waals surface area (Å²) in [6.45, 7) is 4.51. The second kappa shape index (κ2) is 10.9. The van der Waals surface area contributed by atoms with Crippen molar-refractivity contribution in [3.05, 3.63) is 76.4 Å². The molecule has 0 atom stereocenters. The second-order valence-corrected chi connectivity index (χ2v) is 9.46. The van der Waals surface area contributed by atoms with E-state index in [4.69, 9.17) is 22.1 Å². The molecule has 8 nitrogen and oxygen atoms in total. The standard InChI is InChI=1S/C27H30ClN5O3/c1-18-5-4-6-19(13-18)17-36-27(35)33-11-9-32(10-12-33)25-24(29)15-21(16-30-25)20-7-8-22(23(28)14-20)26(34)31(2)3/h4-8,13-16H,9-12,17,29H2,1-3H3. The van der Waals surface area contributed by atoms with E-state index in [-0.39, 0.29) is 18.6 Å². The molecule has 1 aliphatic rings. The monoisotopic (exact) mass is 507 g/mol. The van der Waals surface area contributed by atoms with Gasteiger partial charge < -0.3 is 25.2 Å². The molecule has 0 bridgehead atoms. The molecule has 2 aromatic carbocycles. The highest BCUT2D eigenvalue weighted by molar-refractivity contribution is 6.34. The van der Waals surface area contributed by atoms with Gasteiger partial charge in [0.2, 0.25) is 0 Å². The molecule has 0 saturated carbocycles. The van der Waals surface area contributed by atoms with E-state index in [2.05, 4.69) is 9.88 Å². The van der Waals surface area contributed by atoms with Crippen LogP contribution in [0.4, 0.5) is 16.3 Å². The topological polar surface area (TPSA) is 92.0 Å². The lowest BCUT2D eigenvalue weighted by Gasteiger charge is -2.35. The molecule has 1 saturated heterocycles. The number of carbonyl (C=O) groups is 2. The van der Waals surface area contributed by atoms with Crippen LogP contribution >= 0.6 is 11.6 Å². The third-order valence-electron chi connectivity index (χ3n) is 6.12. The first-order chi connectivity index (χ1) is 17.2. The number of hydrogen-bond donors (Lipinski definition) is 1. The van der Waals surface area contributed by atoms with E-state index in [9.17, 15) is 9.59 Å².